The van der Waals surface area contributed by atoms with Crippen molar-refractivity contribution in [1.82, 2.24) is 0 Å². The molecule has 3 N–H and O–H groups in total. The molecule has 0 aliphatic heterocycles. The van der Waals surface area contributed by atoms with E-state index in [4.69, 9.17) is 14.4 Å². The largest absolute Gasteiger partial charge is 0.492 e. The fourth-order valence-electron chi connectivity index (χ4n) is 1.83. The molecule has 0 amide bonds. The minimum Gasteiger partial charge on any atom is -0.390 e. The van der Waals surface area contributed by atoms with Gasteiger partial charge in [0.2, 0.25) is 0 Å². The fourth-order valence-corrected chi connectivity index (χ4v) is 2.55. The number of hydrogen-bond donors (Lipinski definition) is 3. The first-order valence-electron chi connectivity index (χ1n) is 6.10. The van der Waals surface area contributed by atoms with Gasteiger partial charge in [0.15, 0.2) is 0 Å². The standard InChI is InChI=1S/C12H17F3O3Si/c13-9-7-11(14)10(12(15)8-9)5-3-1-2-4-6-19(16,17)18/h7-8,16-18H,1-6H2. The lowest BCUT2D eigenvalue weighted by Gasteiger charge is -2.08. The topological polar surface area (TPSA) is 60.7 Å². The van der Waals surface area contributed by atoms with Gasteiger partial charge in [-0.15, -0.1) is 0 Å². The Morgan fingerprint density at radius 2 is 1.37 bits per heavy atom. The minimum atomic E-state index is -3.97. The Morgan fingerprint density at radius 3 is 1.89 bits per heavy atom. The molecule has 1 aromatic carbocycles. The summed E-state index contributed by atoms with van der Waals surface area (Å²) in [4.78, 5) is 26.3. The van der Waals surface area contributed by atoms with Crippen molar-refractivity contribution in [2.45, 2.75) is 38.1 Å². The predicted molar refractivity (Wildman–Crippen MR) is 65.7 cm³/mol. The summed E-state index contributed by atoms with van der Waals surface area (Å²) in [6.07, 6.45) is 2.39. The van der Waals surface area contributed by atoms with Crippen molar-refractivity contribution in [2.24, 2.45) is 0 Å². The highest BCUT2D eigenvalue weighted by molar-refractivity contribution is 6.56. The van der Waals surface area contributed by atoms with E-state index in [-0.39, 0.29) is 18.0 Å². The number of rotatable bonds is 7. The summed E-state index contributed by atoms with van der Waals surface area (Å²) in [6, 6.07) is 1.27. The highest BCUT2D eigenvalue weighted by Gasteiger charge is 2.25. The van der Waals surface area contributed by atoms with Crippen LogP contribution in [0.5, 0.6) is 0 Å². The van der Waals surface area contributed by atoms with E-state index < -0.39 is 26.3 Å². The van der Waals surface area contributed by atoms with Crippen LogP contribution in [0.2, 0.25) is 6.04 Å². The van der Waals surface area contributed by atoms with Crippen LogP contribution >= 0.6 is 0 Å². The van der Waals surface area contributed by atoms with E-state index in [1.807, 2.05) is 0 Å². The summed E-state index contributed by atoms with van der Waals surface area (Å²) in [7, 11) is -3.97. The van der Waals surface area contributed by atoms with Gasteiger partial charge in [-0.2, -0.15) is 0 Å². The van der Waals surface area contributed by atoms with Gasteiger partial charge in [-0.05, 0) is 19.3 Å². The molecule has 7 heteroatoms. The average molecular weight is 294 g/mol. The van der Waals surface area contributed by atoms with Crippen molar-refractivity contribution in [2.75, 3.05) is 0 Å². The molecule has 0 bridgehead atoms. The van der Waals surface area contributed by atoms with E-state index in [0.29, 0.717) is 37.8 Å². The van der Waals surface area contributed by atoms with E-state index in [0.717, 1.165) is 0 Å². The van der Waals surface area contributed by atoms with E-state index >= 15 is 0 Å². The smallest absolute Gasteiger partial charge is 0.390 e. The molecule has 1 aromatic rings. The third-order valence-corrected chi connectivity index (χ3v) is 3.82. The molecule has 0 fully saturated rings. The van der Waals surface area contributed by atoms with E-state index in [1.165, 1.54) is 0 Å². The lowest BCUT2D eigenvalue weighted by atomic mass is 10.1. The first kappa shape index (κ1) is 16.2. The van der Waals surface area contributed by atoms with Gasteiger partial charge < -0.3 is 14.4 Å². The number of halogens is 3. The first-order valence-corrected chi connectivity index (χ1v) is 8.15. The molecule has 0 saturated carbocycles. The van der Waals surface area contributed by atoms with E-state index in [1.54, 1.807) is 0 Å². The van der Waals surface area contributed by atoms with Gasteiger partial charge in [0.1, 0.15) is 17.5 Å². The summed E-state index contributed by atoms with van der Waals surface area (Å²) in [5, 5.41) is 0. The average Bonchev–Trinajstić information content (AvgIpc) is 2.24. The third kappa shape index (κ3) is 6.19. The maximum Gasteiger partial charge on any atom is 0.492 e. The molecule has 0 aromatic heterocycles. The molecule has 0 atom stereocenters. The van der Waals surface area contributed by atoms with Gasteiger partial charge in [0.25, 0.3) is 0 Å². The maximum absolute atomic E-state index is 13.3. The molecule has 0 aliphatic rings. The number of hydrogen-bond acceptors (Lipinski definition) is 3. The molecular formula is C12H17F3O3Si. The van der Waals surface area contributed by atoms with Crippen molar-refractivity contribution >= 4 is 8.80 Å². The molecule has 0 unspecified atom stereocenters. The zero-order valence-corrected chi connectivity index (χ0v) is 11.4. The highest BCUT2D eigenvalue weighted by atomic mass is 28.4. The zero-order chi connectivity index (χ0) is 14.5. The number of benzene rings is 1. The van der Waals surface area contributed by atoms with Crippen molar-refractivity contribution in [3.8, 4) is 0 Å². The van der Waals surface area contributed by atoms with Gasteiger partial charge in [-0.25, -0.2) is 13.2 Å². The SMILES string of the molecule is O[Si](O)(O)CCCCCCc1c(F)cc(F)cc1F. The summed E-state index contributed by atoms with van der Waals surface area (Å²) in [6.45, 7) is 0. The predicted octanol–water partition coefficient (Wildman–Crippen LogP) is 2.12. The monoisotopic (exact) mass is 294 g/mol. The first-order chi connectivity index (χ1) is 8.79. The van der Waals surface area contributed by atoms with Crippen LogP contribution in [-0.2, 0) is 6.42 Å². The third-order valence-electron chi connectivity index (χ3n) is 2.79. The van der Waals surface area contributed by atoms with Crippen LogP contribution in [0.3, 0.4) is 0 Å². The maximum atomic E-state index is 13.3. The van der Waals surface area contributed by atoms with Crippen molar-refractivity contribution in [3.05, 3.63) is 35.1 Å². The van der Waals surface area contributed by atoms with Gasteiger partial charge in [-0.1, -0.05) is 12.8 Å². The van der Waals surface area contributed by atoms with Gasteiger partial charge >= 0.3 is 8.80 Å². The normalized spacial score (nSPS) is 11.9. The Hall–Kier alpha value is -0.893. The van der Waals surface area contributed by atoms with Crippen LogP contribution in [0.15, 0.2) is 12.1 Å². The molecule has 3 nitrogen and oxygen atoms in total. The summed E-state index contributed by atoms with van der Waals surface area (Å²) in [5.41, 5.74) is -0.128. The summed E-state index contributed by atoms with van der Waals surface area (Å²) < 4.78 is 39.2. The Balaban J connectivity index is 2.30. The van der Waals surface area contributed by atoms with Gasteiger partial charge in [0, 0.05) is 23.7 Å². The molecule has 0 spiro atoms. The quantitative estimate of drug-likeness (QED) is 0.533. The highest BCUT2D eigenvalue weighted by Crippen LogP contribution is 2.18. The van der Waals surface area contributed by atoms with Crippen LogP contribution < -0.4 is 0 Å². The van der Waals surface area contributed by atoms with Crippen molar-refractivity contribution in [1.29, 1.82) is 0 Å². The molecule has 0 saturated heterocycles. The van der Waals surface area contributed by atoms with Crippen LogP contribution in [0, 0.1) is 17.5 Å². The molecule has 19 heavy (non-hydrogen) atoms. The summed E-state index contributed by atoms with van der Waals surface area (Å²) >= 11 is 0. The second-order valence-corrected chi connectivity index (χ2v) is 6.59. The number of unbranched alkanes of at least 4 members (excludes halogenated alkanes) is 3. The van der Waals surface area contributed by atoms with E-state index in [2.05, 4.69) is 0 Å². The van der Waals surface area contributed by atoms with Crippen LogP contribution in [0.1, 0.15) is 31.2 Å². The Morgan fingerprint density at radius 1 is 0.842 bits per heavy atom. The second kappa shape index (κ2) is 7.04. The van der Waals surface area contributed by atoms with Crippen LogP contribution in [0.4, 0.5) is 13.2 Å². The summed E-state index contributed by atoms with van der Waals surface area (Å²) in [5.74, 6) is -2.70. The van der Waals surface area contributed by atoms with E-state index in [9.17, 15) is 13.2 Å². The van der Waals surface area contributed by atoms with Crippen LogP contribution in [0.25, 0.3) is 0 Å². The lowest BCUT2D eigenvalue weighted by molar-refractivity contribution is 0.226. The molecule has 0 radical (unpaired) electrons. The lowest BCUT2D eigenvalue weighted by Crippen LogP contribution is -2.33. The van der Waals surface area contributed by atoms with Gasteiger partial charge in [0.05, 0.1) is 0 Å². The Kier molecular flexibility index (Phi) is 5.99. The molecule has 108 valence electrons. The molecule has 0 aliphatic carbocycles. The van der Waals surface area contributed by atoms with Crippen molar-refractivity contribution < 1.29 is 27.6 Å². The molecule has 1 rings (SSSR count). The Labute approximate surface area is 110 Å². The fraction of sp³-hybridized carbons (Fsp3) is 0.500. The molecule has 0 heterocycles. The van der Waals surface area contributed by atoms with Crippen LogP contribution in [-0.4, -0.2) is 23.2 Å². The van der Waals surface area contributed by atoms with Crippen molar-refractivity contribution in [3.63, 3.8) is 0 Å². The minimum absolute atomic E-state index is 0.0354. The zero-order valence-electron chi connectivity index (χ0n) is 10.4. The Bertz CT molecular complexity index is 398. The molecular weight excluding hydrogens is 277 g/mol. The second-order valence-electron chi connectivity index (χ2n) is 4.54. The van der Waals surface area contributed by atoms with Gasteiger partial charge in [-0.3, -0.25) is 0 Å².